The van der Waals surface area contributed by atoms with E-state index < -0.39 is 11.8 Å². The summed E-state index contributed by atoms with van der Waals surface area (Å²) in [6.07, 6.45) is 0.619. The summed E-state index contributed by atoms with van der Waals surface area (Å²) in [4.78, 5) is 4.03. The lowest BCUT2D eigenvalue weighted by Crippen LogP contribution is -2.62. The predicted octanol–water partition coefficient (Wildman–Crippen LogP) is 0.348. The molecular formula is C11H26N2O2. The van der Waals surface area contributed by atoms with E-state index in [1.807, 2.05) is 38.0 Å². The Morgan fingerprint density at radius 1 is 1.00 bits per heavy atom. The van der Waals surface area contributed by atoms with Gasteiger partial charge in [0.2, 0.25) is 0 Å². The second-order valence-electron chi connectivity index (χ2n) is 4.73. The molecule has 92 valence electrons. The van der Waals surface area contributed by atoms with Crippen LogP contribution in [0.1, 0.15) is 26.7 Å². The summed E-state index contributed by atoms with van der Waals surface area (Å²) in [7, 11) is 7.81. The first-order chi connectivity index (χ1) is 6.75. The van der Waals surface area contributed by atoms with Crippen LogP contribution in [0.4, 0.5) is 0 Å². The molecule has 0 radical (unpaired) electrons. The van der Waals surface area contributed by atoms with Gasteiger partial charge in [0, 0.05) is 0 Å². The minimum atomic E-state index is -0.471. The summed E-state index contributed by atoms with van der Waals surface area (Å²) in [5.74, 6) is 0. The maximum atomic E-state index is 9.95. The van der Waals surface area contributed by atoms with E-state index in [9.17, 15) is 10.2 Å². The molecule has 0 spiro atoms. The van der Waals surface area contributed by atoms with E-state index in [0.717, 1.165) is 6.42 Å². The number of hydrogen-bond acceptors (Lipinski definition) is 4. The molecule has 0 saturated heterocycles. The number of rotatable bonds is 6. The van der Waals surface area contributed by atoms with Gasteiger partial charge < -0.3 is 10.2 Å². The Kier molecular flexibility index (Phi) is 5.73. The number of hydrogen-bond donors (Lipinski definition) is 2. The molecule has 4 heteroatoms. The minimum Gasteiger partial charge on any atom is -0.393 e. The lowest BCUT2D eigenvalue weighted by atomic mass is 9.93. The predicted molar refractivity (Wildman–Crippen MR) is 62.7 cm³/mol. The average Bonchev–Trinajstić information content (AvgIpc) is 2.02. The van der Waals surface area contributed by atoms with Gasteiger partial charge >= 0.3 is 0 Å². The Balaban J connectivity index is 4.80. The average molecular weight is 218 g/mol. The van der Waals surface area contributed by atoms with Crippen LogP contribution in [0.15, 0.2) is 0 Å². The highest BCUT2D eigenvalue weighted by atomic mass is 16.3. The van der Waals surface area contributed by atoms with E-state index in [0.29, 0.717) is 6.42 Å². The Morgan fingerprint density at radius 3 is 1.60 bits per heavy atom. The molecule has 0 aromatic carbocycles. The molecule has 2 N–H and O–H groups in total. The van der Waals surface area contributed by atoms with E-state index in [1.165, 1.54) is 0 Å². The molecule has 0 heterocycles. The zero-order valence-corrected chi connectivity index (χ0v) is 10.9. The van der Waals surface area contributed by atoms with Gasteiger partial charge in [0.05, 0.1) is 17.9 Å². The molecule has 0 aliphatic rings. The maximum absolute atomic E-state index is 9.95. The van der Waals surface area contributed by atoms with Crippen LogP contribution in [0.25, 0.3) is 0 Å². The molecule has 2 atom stereocenters. The van der Waals surface area contributed by atoms with Crippen molar-refractivity contribution in [3.05, 3.63) is 0 Å². The molecule has 4 nitrogen and oxygen atoms in total. The first kappa shape index (κ1) is 14.8. The van der Waals surface area contributed by atoms with Gasteiger partial charge in [-0.15, -0.1) is 0 Å². The van der Waals surface area contributed by atoms with Crippen molar-refractivity contribution in [2.45, 2.75) is 44.6 Å². The minimum absolute atomic E-state index is 0.331. The smallest absolute Gasteiger partial charge is 0.0992 e. The number of aliphatic hydroxyl groups is 2. The maximum Gasteiger partial charge on any atom is 0.0992 e. The monoisotopic (exact) mass is 218 g/mol. The topological polar surface area (TPSA) is 46.9 Å². The van der Waals surface area contributed by atoms with Crippen molar-refractivity contribution in [3.63, 3.8) is 0 Å². The summed E-state index contributed by atoms with van der Waals surface area (Å²) < 4.78 is 0. The number of nitrogens with zero attached hydrogens (tertiary/aromatic N) is 2. The highest BCUT2D eigenvalue weighted by Crippen LogP contribution is 2.26. The fraction of sp³-hybridized carbons (Fsp3) is 1.00. The van der Waals surface area contributed by atoms with Crippen molar-refractivity contribution >= 4 is 0 Å². The zero-order valence-electron chi connectivity index (χ0n) is 10.9. The van der Waals surface area contributed by atoms with Gasteiger partial charge in [0.1, 0.15) is 0 Å². The number of likely N-dealkylation sites (N-methyl/N-ethyl adjacent to an activating group) is 2. The van der Waals surface area contributed by atoms with E-state index in [1.54, 1.807) is 13.8 Å². The van der Waals surface area contributed by atoms with Crippen LogP contribution in [-0.2, 0) is 0 Å². The summed E-state index contributed by atoms with van der Waals surface area (Å²) in [5, 5.41) is 19.3. The van der Waals surface area contributed by atoms with E-state index in [-0.39, 0.29) is 6.10 Å². The quantitative estimate of drug-likeness (QED) is 0.632. The summed E-state index contributed by atoms with van der Waals surface area (Å²) in [6, 6.07) is 0. The Hall–Kier alpha value is -0.160. The second kappa shape index (κ2) is 5.80. The van der Waals surface area contributed by atoms with Crippen LogP contribution in [0.2, 0.25) is 0 Å². The second-order valence-corrected chi connectivity index (χ2v) is 4.73. The molecule has 0 aromatic heterocycles. The fourth-order valence-electron chi connectivity index (χ4n) is 2.22. The van der Waals surface area contributed by atoms with Crippen LogP contribution < -0.4 is 0 Å². The fourth-order valence-corrected chi connectivity index (χ4v) is 2.22. The highest BCUT2D eigenvalue weighted by molar-refractivity contribution is 4.90. The summed E-state index contributed by atoms with van der Waals surface area (Å²) in [6.45, 7) is 3.57. The van der Waals surface area contributed by atoms with Crippen LogP contribution in [0.5, 0.6) is 0 Å². The van der Waals surface area contributed by atoms with Crippen molar-refractivity contribution in [2.24, 2.45) is 0 Å². The molecule has 0 aromatic rings. The molecule has 0 rings (SSSR count). The standard InChI is InChI=1S/C11H26N2O2/c1-9(14)7-8-11(10(2)15,12(3)4)13(5)6/h9-10,14-15H,7-8H2,1-6H3. The van der Waals surface area contributed by atoms with Crippen LogP contribution >= 0.6 is 0 Å². The SMILES string of the molecule is CC(O)CCC(C(C)O)(N(C)C)N(C)C. The van der Waals surface area contributed by atoms with E-state index in [2.05, 4.69) is 0 Å². The van der Waals surface area contributed by atoms with Gasteiger partial charge in [0.15, 0.2) is 0 Å². The third kappa shape index (κ3) is 3.41. The lowest BCUT2D eigenvalue weighted by Gasteiger charge is -2.47. The summed E-state index contributed by atoms with van der Waals surface area (Å²) >= 11 is 0. The normalized spacial score (nSPS) is 17.2. The third-order valence-corrected chi connectivity index (χ3v) is 3.15. The van der Waals surface area contributed by atoms with Crippen molar-refractivity contribution in [1.82, 2.24) is 9.80 Å². The number of aliphatic hydroxyl groups excluding tert-OH is 2. The molecule has 0 aliphatic heterocycles. The van der Waals surface area contributed by atoms with Gasteiger partial charge in [-0.2, -0.15) is 0 Å². The van der Waals surface area contributed by atoms with Crippen LogP contribution in [0.3, 0.4) is 0 Å². The molecule has 0 bridgehead atoms. The molecular weight excluding hydrogens is 192 g/mol. The summed E-state index contributed by atoms with van der Waals surface area (Å²) in [5.41, 5.74) is -0.406. The van der Waals surface area contributed by atoms with Crippen molar-refractivity contribution in [3.8, 4) is 0 Å². The van der Waals surface area contributed by atoms with Crippen molar-refractivity contribution in [2.75, 3.05) is 28.2 Å². The van der Waals surface area contributed by atoms with E-state index in [4.69, 9.17) is 0 Å². The molecule has 0 amide bonds. The lowest BCUT2D eigenvalue weighted by molar-refractivity contribution is -0.0989. The molecule has 0 saturated carbocycles. The van der Waals surface area contributed by atoms with Crippen LogP contribution in [0, 0.1) is 0 Å². The largest absolute Gasteiger partial charge is 0.393 e. The van der Waals surface area contributed by atoms with Gasteiger partial charge in [-0.1, -0.05) is 0 Å². The zero-order chi connectivity index (χ0) is 12.2. The highest BCUT2D eigenvalue weighted by Gasteiger charge is 2.39. The van der Waals surface area contributed by atoms with Crippen molar-refractivity contribution < 1.29 is 10.2 Å². The Labute approximate surface area is 93.5 Å². The van der Waals surface area contributed by atoms with E-state index >= 15 is 0 Å². The molecule has 0 fully saturated rings. The molecule has 0 aliphatic carbocycles. The van der Waals surface area contributed by atoms with Crippen molar-refractivity contribution in [1.29, 1.82) is 0 Å². The first-order valence-electron chi connectivity index (χ1n) is 5.46. The van der Waals surface area contributed by atoms with Gasteiger partial charge in [-0.3, -0.25) is 9.80 Å². The van der Waals surface area contributed by atoms with Gasteiger partial charge in [-0.25, -0.2) is 0 Å². The Morgan fingerprint density at radius 2 is 1.40 bits per heavy atom. The third-order valence-electron chi connectivity index (χ3n) is 3.15. The van der Waals surface area contributed by atoms with Crippen LogP contribution in [-0.4, -0.2) is 66.1 Å². The first-order valence-corrected chi connectivity index (χ1v) is 5.46. The Bertz CT molecular complexity index is 158. The van der Waals surface area contributed by atoms with Gasteiger partial charge in [-0.05, 0) is 54.9 Å². The van der Waals surface area contributed by atoms with Gasteiger partial charge in [0.25, 0.3) is 0 Å². The molecule has 2 unspecified atom stereocenters. The molecule has 15 heavy (non-hydrogen) atoms.